The van der Waals surface area contributed by atoms with E-state index >= 15 is 0 Å². The van der Waals surface area contributed by atoms with Crippen LogP contribution in [0, 0.1) is 5.82 Å². The lowest BCUT2D eigenvalue weighted by Crippen LogP contribution is -2.40. The van der Waals surface area contributed by atoms with Crippen LogP contribution in [-0.4, -0.2) is 24.7 Å². The van der Waals surface area contributed by atoms with Crippen molar-refractivity contribution in [2.24, 2.45) is 0 Å². The van der Waals surface area contributed by atoms with Gasteiger partial charge in [-0.25, -0.2) is 4.39 Å². The van der Waals surface area contributed by atoms with Gasteiger partial charge < -0.3 is 9.47 Å². The maximum Gasteiger partial charge on any atom is 0.160 e. The van der Waals surface area contributed by atoms with Gasteiger partial charge in [-0.05, 0) is 56.0 Å². The lowest BCUT2D eigenvalue weighted by molar-refractivity contribution is 0.109. The van der Waals surface area contributed by atoms with Gasteiger partial charge in [0.1, 0.15) is 5.82 Å². The van der Waals surface area contributed by atoms with E-state index in [0.717, 1.165) is 42.0 Å². The molecule has 1 aliphatic rings. The molecule has 25 heavy (non-hydrogen) atoms. The molecule has 1 heterocycles. The van der Waals surface area contributed by atoms with Crippen molar-refractivity contribution in [2.75, 3.05) is 14.2 Å². The minimum absolute atomic E-state index is 0.0153. The summed E-state index contributed by atoms with van der Waals surface area (Å²) in [6.07, 6.45) is 1.92. The van der Waals surface area contributed by atoms with E-state index in [0.29, 0.717) is 6.54 Å². The average Bonchev–Trinajstić information content (AvgIpc) is 3.06. The molecule has 0 fully saturated rings. The second-order valence-corrected chi connectivity index (χ2v) is 7.24. The minimum atomic E-state index is -0.0873. The van der Waals surface area contributed by atoms with Crippen LogP contribution in [0.1, 0.15) is 37.0 Å². The summed E-state index contributed by atoms with van der Waals surface area (Å²) >= 11 is 0. The Morgan fingerprint density at radius 3 is 2.48 bits per heavy atom. The molecule has 3 nitrogen and oxygen atoms in total. The third-order valence-corrected chi connectivity index (χ3v) is 5.26. The largest absolute Gasteiger partial charge is 0.493 e. The Hall–Kier alpha value is -2.07. The number of rotatable bonds is 6. The number of aryl methyl sites for hydroxylation is 1. The van der Waals surface area contributed by atoms with Crippen molar-refractivity contribution in [2.45, 2.75) is 45.3 Å². The zero-order valence-corrected chi connectivity index (χ0v) is 15.4. The number of methoxy groups -OCH3 is 2. The molecule has 0 spiro atoms. The number of fused-ring (bicyclic) bond motifs is 1. The highest BCUT2D eigenvalue weighted by atomic mass is 19.1. The molecule has 2 aromatic rings. The molecule has 0 radical (unpaired) electrons. The smallest absolute Gasteiger partial charge is 0.160 e. The van der Waals surface area contributed by atoms with Gasteiger partial charge in [-0.15, -0.1) is 0 Å². The maximum atomic E-state index is 14.0. The van der Waals surface area contributed by atoms with E-state index in [9.17, 15) is 4.39 Å². The number of hydrogen-bond acceptors (Lipinski definition) is 3. The maximum absolute atomic E-state index is 14.0. The highest BCUT2D eigenvalue weighted by molar-refractivity contribution is 5.43. The van der Waals surface area contributed by atoms with Gasteiger partial charge >= 0.3 is 0 Å². The number of halogens is 1. The van der Waals surface area contributed by atoms with Crippen LogP contribution < -0.4 is 9.47 Å². The average molecular weight is 343 g/mol. The van der Waals surface area contributed by atoms with E-state index < -0.39 is 0 Å². The first-order valence-electron chi connectivity index (χ1n) is 8.67. The van der Waals surface area contributed by atoms with Crippen molar-refractivity contribution in [3.05, 3.63) is 58.9 Å². The minimum Gasteiger partial charge on any atom is -0.493 e. The van der Waals surface area contributed by atoms with Crippen molar-refractivity contribution in [3.8, 4) is 11.5 Å². The second kappa shape index (κ2) is 7.04. The summed E-state index contributed by atoms with van der Waals surface area (Å²) in [5.41, 5.74) is 3.16. The van der Waals surface area contributed by atoms with Crippen molar-refractivity contribution >= 4 is 0 Å². The monoisotopic (exact) mass is 343 g/mol. The molecule has 0 amide bonds. The quantitative estimate of drug-likeness (QED) is 0.767. The fraction of sp³-hybridized carbons (Fsp3) is 0.429. The Kier molecular flexibility index (Phi) is 5.00. The molecule has 0 saturated carbocycles. The zero-order valence-electron chi connectivity index (χ0n) is 15.4. The van der Waals surface area contributed by atoms with E-state index in [1.165, 1.54) is 5.56 Å². The number of ether oxygens (including phenoxy) is 2. The van der Waals surface area contributed by atoms with Gasteiger partial charge in [0.2, 0.25) is 0 Å². The zero-order chi connectivity index (χ0) is 18.0. The van der Waals surface area contributed by atoms with Crippen molar-refractivity contribution < 1.29 is 13.9 Å². The number of nitrogens with zero attached hydrogens (tertiary/aromatic N) is 1. The molecule has 0 atom stereocenters. The van der Waals surface area contributed by atoms with Crippen molar-refractivity contribution in [1.29, 1.82) is 0 Å². The van der Waals surface area contributed by atoms with Gasteiger partial charge in [0, 0.05) is 24.2 Å². The molecule has 1 aliphatic heterocycles. The Morgan fingerprint density at radius 2 is 1.80 bits per heavy atom. The third-order valence-electron chi connectivity index (χ3n) is 5.26. The predicted octanol–water partition coefficient (Wildman–Crippen LogP) is 4.57. The number of hydrogen-bond donors (Lipinski definition) is 0. The predicted molar refractivity (Wildman–Crippen MR) is 97.6 cm³/mol. The fourth-order valence-corrected chi connectivity index (χ4v) is 3.45. The van der Waals surface area contributed by atoms with Crippen LogP contribution in [-0.2, 0) is 19.5 Å². The molecular formula is C21H26FNO2. The van der Waals surface area contributed by atoms with Crippen LogP contribution in [0.2, 0.25) is 0 Å². The van der Waals surface area contributed by atoms with E-state index in [1.807, 2.05) is 18.2 Å². The molecule has 0 bridgehead atoms. The van der Waals surface area contributed by atoms with Gasteiger partial charge in [0.25, 0.3) is 0 Å². The number of benzene rings is 2. The molecule has 0 N–H and O–H groups in total. The van der Waals surface area contributed by atoms with Gasteiger partial charge in [0.05, 0.1) is 14.2 Å². The molecule has 4 heteroatoms. The SMILES string of the molecule is COc1ccc(CCC(C)(C)N2Cc3cccc(F)c3C2)cc1OC. The van der Waals surface area contributed by atoms with Crippen LogP contribution in [0.3, 0.4) is 0 Å². The van der Waals surface area contributed by atoms with Gasteiger partial charge in [-0.2, -0.15) is 0 Å². The second-order valence-electron chi connectivity index (χ2n) is 7.24. The van der Waals surface area contributed by atoms with Crippen LogP contribution in [0.5, 0.6) is 11.5 Å². The Labute approximate surface area is 149 Å². The van der Waals surface area contributed by atoms with Gasteiger partial charge in [-0.3, -0.25) is 4.90 Å². The first kappa shape index (κ1) is 17.7. The molecule has 0 saturated heterocycles. The molecule has 3 rings (SSSR count). The molecule has 134 valence electrons. The van der Waals surface area contributed by atoms with Gasteiger partial charge in [-0.1, -0.05) is 18.2 Å². The summed E-state index contributed by atoms with van der Waals surface area (Å²) < 4.78 is 24.7. The summed E-state index contributed by atoms with van der Waals surface area (Å²) in [4.78, 5) is 2.36. The molecule has 2 aromatic carbocycles. The highest BCUT2D eigenvalue weighted by Crippen LogP contribution is 2.34. The molecule has 0 unspecified atom stereocenters. The van der Waals surface area contributed by atoms with Crippen LogP contribution in [0.4, 0.5) is 4.39 Å². The normalized spacial score (nSPS) is 14.4. The third kappa shape index (κ3) is 3.64. The Morgan fingerprint density at radius 1 is 1.04 bits per heavy atom. The molecule has 0 aliphatic carbocycles. The Bertz CT molecular complexity index is 758. The standard InChI is InChI=1S/C21H26FNO2/c1-21(2,23-13-16-6-5-7-18(22)17(16)14-23)11-10-15-8-9-19(24-3)20(12-15)25-4/h5-9,12H,10-11,13-14H2,1-4H3. The van der Waals surface area contributed by atoms with Crippen LogP contribution >= 0.6 is 0 Å². The van der Waals surface area contributed by atoms with E-state index in [-0.39, 0.29) is 11.4 Å². The summed E-state index contributed by atoms with van der Waals surface area (Å²) in [6, 6.07) is 11.4. The lowest BCUT2D eigenvalue weighted by Gasteiger charge is -2.35. The van der Waals surface area contributed by atoms with E-state index in [1.54, 1.807) is 26.4 Å². The van der Waals surface area contributed by atoms with E-state index in [2.05, 4.69) is 24.8 Å². The lowest BCUT2D eigenvalue weighted by atomic mass is 9.93. The molecular weight excluding hydrogens is 317 g/mol. The first-order valence-corrected chi connectivity index (χ1v) is 8.67. The van der Waals surface area contributed by atoms with Crippen molar-refractivity contribution in [3.63, 3.8) is 0 Å². The summed E-state index contributed by atoms with van der Waals surface area (Å²) in [5, 5.41) is 0. The Balaban J connectivity index is 1.68. The fourth-order valence-electron chi connectivity index (χ4n) is 3.45. The van der Waals surface area contributed by atoms with E-state index in [4.69, 9.17) is 9.47 Å². The van der Waals surface area contributed by atoms with Crippen LogP contribution in [0.15, 0.2) is 36.4 Å². The molecule has 0 aromatic heterocycles. The topological polar surface area (TPSA) is 21.7 Å². The first-order chi connectivity index (χ1) is 11.9. The summed E-state index contributed by atoms with van der Waals surface area (Å²) in [5.74, 6) is 1.42. The summed E-state index contributed by atoms with van der Waals surface area (Å²) in [6.45, 7) is 5.96. The van der Waals surface area contributed by atoms with Crippen LogP contribution in [0.25, 0.3) is 0 Å². The van der Waals surface area contributed by atoms with Gasteiger partial charge in [0.15, 0.2) is 11.5 Å². The van der Waals surface area contributed by atoms with Crippen molar-refractivity contribution in [1.82, 2.24) is 4.90 Å². The highest BCUT2D eigenvalue weighted by Gasteiger charge is 2.32. The summed E-state index contributed by atoms with van der Waals surface area (Å²) in [7, 11) is 3.30.